The van der Waals surface area contributed by atoms with Crippen molar-refractivity contribution in [2.45, 2.75) is 76.9 Å². The van der Waals surface area contributed by atoms with Gasteiger partial charge >= 0.3 is 5.97 Å². The van der Waals surface area contributed by atoms with E-state index in [1.807, 2.05) is 6.92 Å². The molecule has 4 nitrogen and oxygen atoms in total. The Morgan fingerprint density at radius 1 is 1.42 bits per heavy atom. The molecule has 112 valence electrons. The van der Waals surface area contributed by atoms with Crippen molar-refractivity contribution in [2.75, 3.05) is 13.6 Å². The van der Waals surface area contributed by atoms with E-state index in [0.717, 1.165) is 0 Å². The fraction of sp³-hybridized carbons (Fsp3) is 0.933. The number of nitrogens with one attached hydrogen (secondary N) is 1. The zero-order valence-corrected chi connectivity index (χ0v) is 12.9. The van der Waals surface area contributed by atoms with Gasteiger partial charge in [-0.2, -0.15) is 0 Å². The second-order valence-corrected chi connectivity index (χ2v) is 6.18. The van der Waals surface area contributed by atoms with Gasteiger partial charge in [-0.05, 0) is 46.7 Å². The molecule has 2 unspecified atom stereocenters. The lowest BCUT2D eigenvalue weighted by atomic mass is 9.89. The molecule has 2 atom stereocenters. The Bertz CT molecular complexity index is 290. The molecule has 0 spiro atoms. The van der Waals surface area contributed by atoms with Crippen LogP contribution in [0.2, 0.25) is 0 Å². The molecule has 19 heavy (non-hydrogen) atoms. The third kappa shape index (κ3) is 4.46. The van der Waals surface area contributed by atoms with E-state index in [-0.39, 0.29) is 6.04 Å². The van der Waals surface area contributed by atoms with Crippen LogP contribution in [0.4, 0.5) is 0 Å². The Morgan fingerprint density at radius 2 is 2.00 bits per heavy atom. The second kappa shape index (κ2) is 7.25. The lowest BCUT2D eigenvalue weighted by molar-refractivity contribution is -0.145. The fourth-order valence-electron chi connectivity index (χ4n) is 3.21. The standard InChI is InChI=1S/C15H30N2O2/c1-5-16-15(3,14(18)19)11-12(2)17(4)13-9-7-6-8-10-13/h12-13,16H,5-11H2,1-4H3,(H,18,19). The van der Waals surface area contributed by atoms with Crippen molar-refractivity contribution in [3.05, 3.63) is 0 Å². The van der Waals surface area contributed by atoms with E-state index in [9.17, 15) is 9.90 Å². The summed E-state index contributed by atoms with van der Waals surface area (Å²) in [5, 5.41) is 12.5. The maximum Gasteiger partial charge on any atom is 0.323 e. The Labute approximate surface area is 117 Å². The van der Waals surface area contributed by atoms with Gasteiger partial charge in [0, 0.05) is 12.1 Å². The lowest BCUT2D eigenvalue weighted by Crippen LogP contribution is -2.54. The molecular weight excluding hydrogens is 240 g/mol. The van der Waals surface area contributed by atoms with Gasteiger partial charge in [0.2, 0.25) is 0 Å². The van der Waals surface area contributed by atoms with Crippen LogP contribution in [0.25, 0.3) is 0 Å². The minimum atomic E-state index is -0.822. The van der Waals surface area contributed by atoms with Gasteiger partial charge in [-0.25, -0.2) is 0 Å². The molecule has 1 saturated carbocycles. The van der Waals surface area contributed by atoms with Gasteiger partial charge in [0.15, 0.2) is 0 Å². The number of carboxylic acid groups (broad SMARTS) is 1. The largest absolute Gasteiger partial charge is 0.480 e. The van der Waals surface area contributed by atoms with Gasteiger partial charge in [0.1, 0.15) is 5.54 Å². The van der Waals surface area contributed by atoms with E-state index in [2.05, 4.69) is 24.2 Å². The summed E-state index contributed by atoms with van der Waals surface area (Å²) in [6.07, 6.45) is 7.13. The van der Waals surface area contributed by atoms with Gasteiger partial charge in [-0.15, -0.1) is 0 Å². The summed E-state index contributed by atoms with van der Waals surface area (Å²) < 4.78 is 0. The lowest BCUT2D eigenvalue weighted by Gasteiger charge is -2.39. The van der Waals surface area contributed by atoms with Gasteiger partial charge in [-0.1, -0.05) is 26.2 Å². The average molecular weight is 270 g/mol. The highest BCUT2D eigenvalue weighted by Gasteiger charge is 2.35. The number of nitrogens with zero attached hydrogens (tertiary/aromatic N) is 1. The first-order valence-electron chi connectivity index (χ1n) is 7.61. The minimum absolute atomic E-state index is 0.281. The summed E-state index contributed by atoms with van der Waals surface area (Å²) in [6.45, 7) is 6.58. The molecule has 1 aliphatic carbocycles. The summed E-state index contributed by atoms with van der Waals surface area (Å²) in [7, 11) is 2.15. The van der Waals surface area contributed by atoms with Crippen molar-refractivity contribution in [3.8, 4) is 0 Å². The number of rotatable bonds is 7. The SMILES string of the molecule is CCNC(C)(CC(C)N(C)C1CCCCC1)C(=O)O. The number of aliphatic carboxylic acids is 1. The quantitative estimate of drug-likeness (QED) is 0.746. The van der Waals surface area contributed by atoms with Crippen molar-refractivity contribution >= 4 is 5.97 Å². The van der Waals surface area contributed by atoms with Crippen LogP contribution in [-0.2, 0) is 4.79 Å². The normalized spacial score (nSPS) is 22.2. The molecule has 0 amide bonds. The summed E-state index contributed by atoms with van der Waals surface area (Å²) in [5.41, 5.74) is -0.822. The maximum absolute atomic E-state index is 11.5. The van der Waals surface area contributed by atoms with Crippen LogP contribution in [0.5, 0.6) is 0 Å². The Morgan fingerprint density at radius 3 is 2.47 bits per heavy atom. The van der Waals surface area contributed by atoms with Crippen molar-refractivity contribution in [3.63, 3.8) is 0 Å². The third-order valence-corrected chi connectivity index (χ3v) is 4.59. The van der Waals surface area contributed by atoms with Crippen LogP contribution >= 0.6 is 0 Å². The first kappa shape index (κ1) is 16.4. The molecule has 0 aromatic rings. The molecule has 0 aromatic heterocycles. The van der Waals surface area contributed by atoms with Gasteiger partial charge in [0.25, 0.3) is 0 Å². The second-order valence-electron chi connectivity index (χ2n) is 6.18. The highest BCUT2D eigenvalue weighted by atomic mass is 16.4. The summed E-state index contributed by atoms with van der Waals surface area (Å²) in [4.78, 5) is 13.9. The average Bonchev–Trinajstić information content (AvgIpc) is 2.38. The number of hydrogen-bond acceptors (Lipinski definition) is 3. The van der Waals surface area contributed by atoms with Crippen LogP contribution in [0.1, 0.15) is 59.3 Å². The maximum atomic E-state index is 11.5. The van der Waals surface area contributed by atoms with Crippen molar-refractivity contribution in [1.29, 1.82) is 0 Å². The van der Waals surface area contributed by atoms with Crippen molar-refractivity contribution in [2.24, 2.45) is 0 Å². The first-order chi connectivity index (χ1) is 8.90. The van der Waals surface area contributed by atoms with Crippen LogP contribution in [0.3, 0.4) is 0 Å². The summed E-state index contributed by atoms with van der Waals surface area (Å²) >= 11 is 0. The van der Waals surface area contributed by atoms with Crippen LogP contribution in [0, 0.1) is 0 Å². The molecule has 2 N–H and O–H groups in total. The first-order valence-corrected chi connectivity index (χ1v) is 7.61. The molecule has 0 aromatic carbocycles. The van der Waals surface area contributed by atoms with Crippen LogP contribution < -0.4 is 5.32 Å². The van der Waals surface area contributed by atoms with E-state index in [0.29, 0.717) is 19.0 Å². The topological polar surface area (TPSA) is 52.6 Å². The monoisotopic (exact) mass is 270 g/mol. The van der Waals surface area contributed by atoms with Crippen LogP contribution in [-0.4, -0.2) is 47.2 Å². The van der Waals surface area contributed by atoms with E-state index in [1.165, 1.54) is 32.1 Å². The number of carbonyl (C=O) groups is 1. The molecule has 1 aliphatic rings. The van der Waals surface area contributed by atoms with E-state index >= 15 is 0 Å². The van der Waals surface area contributed by atoms with Gasteiger partial charge in [0.05, 0.1) is 0 Å². The number of hydrogen-bond donors (Lipinski definition) is 2. The van der Waals surface area contributed by atoms with Crippen molar-refractivity contribution in [1.82, 2.24) is 10.2 Å². The molecule has 0 heterocycles. The molecular formula is C15H30N2O2. The molecule has 4 heteroatoms. The Balaban J connectivity index is 2.60. The van der Waals surface area contributed by atoms with E-state index in [4.69, 9.17) is 0 Å². The molecule has 1 rings (SSSR count). The van der Waals surface area contributed by atoms with E-state index in [1.54, 1.807) is 6.92 Å². The predicted molar refractivity (Wildman–Crippen MR) is 78.4 cm³/mol. The molecule has 0 aliphatic heterocycles. The third-order valence-electron chi connectivity index (χ3n) is 4.59. The molecule has 1 fully saturated rings. The highest BCUT2D eigenvalue weighted by Crippen LogP contribution is 2.25. The molecule has 0 radical (unpaired) electrons. The van der Waals surface area contributed by atoms with Gasteiger partial charge < -0.3 is 15.3 Å². The van der Waals surface area contributed by atoms with Crippen molar-refractivity contribution < 1.29 is 9.90 Å². The van der Waals surface area contributed by atoms with Gasteiger partial charge in [-0.3, -0.25) is 4.79 Å². The Kier molecular flexibility index (Phi) is 6.27. The smallest absolute Gasteiger partial charge is 0.323 e. The van der Waals surface area contributed by atoms with E-state index < -0.39 is 11.5 Å². The number of likely N-dealkylation sites (N-methyl/N-ethyl adjacent to an activating group) is 1. The highest BCUT2D eigenvalue weighted by molar-refractivity contribution is 5.78. The predicted octanol–water partition coefficient (Wildman–Crippen LogP) is 2.48. The fourth-order valence-corrected chi connectivity index (χ4v) is 3.21. The number of carboxylic acids is 1. The van der Waals surface area contributed by atoms with Crippen LogP contribution in [0.15, 0.2) is 0 Å². The summed E-state index contributed by atoms with van der Waals surface area (Å²) in [6, 6.07) is 0.909. The zero-order chi connectivity index (χ0) is 14.5. The summed E-state index contributed by atoms with van der Waals surface area (Å²) in [5.74, 6) is -0.752. The Hall–Kier alpha value is -0.610. The zero-order valence-electron chi connectivity index (χ0n) is 12.9. The minimum Gasteiger partial charge on any atom is -0.480 e. The molecule has 0 saturated heterocycles. The molecule has 0 bridgehead atoms.